The quantitative estimate of drug-likeness (QED) is 0.906. The lowest BCUT2D eigenvalue weighted by Crippen LogP contribution is -2.26. The summed E-state index contributed by atoms with van der Waals surface area (Å²) in [5.41, 5.74) is 1.83. The Morgan fingerprint density at radius 1 is 1.26 bits per heavy atom. The van der Waals surface area contributed by atoms with Crippen molar-refractivity contribution in [1.82, 2.24) is 10.3 Å². The van der Waals surface area contributed by atoms with Crippen LogP contribution in [-0.2, 0) is 19.4 Å². The van der Waals surface area contributed by atoms with Crippen molar-refractivity contribution in [2.24, 2.45) is 17.3 Å². The fourth-order valence-corrected chi connectivity index (χ4v) is 4.11. The molecule has 0 amide bonds. The standard InChI is InChI=1S/C16H26N2S/c1-16(2,3)12-6-7-13-14(8-12)19-15(18-13)10-17-9-11-4-5-11/h11-12,17H,4-10H2,1-3H3. The van der Waals surface area contributed by atoms with E-state index < -0.39 is 0 Å². The maximum Gasteiger partial charge on any atom is 0.107 e. The molecule has 106 valence electrons. The van der Waals surface area contributed by atoms with Gasteiger partial charge in [-0.25, -0.2) is 4.98 Å². The molecule has 1 aromatic rings. The first-order valence-corrected chi connectivity index (χ1v) is 8.52. The second-order valence-electron chi connectivity index (χ2n) is 7.36. The molecule has 1 aromatic heterocycles. The zero-order valence-corrected chi connectivity index (χ0v) is 13.3. The third kappa shape index (κ3) is 3.38. The minimum atomic E-state index is 0.437. The molecule has 2 nitrogen and oxygen atoms in total. The number of nitrogens with one attached hydrogen (secondary N) is 1. The van der Waals surface area contributed by atoms with Crippen LogP contribution >= 0.6 is 11.3 Å². The van der Waals surface area contributed by atoms with Crippen LogP contribution in [0.4, 0.5) is 0 Å². The molecule has 0 aromatic carbocycles. The summed E-state index contributed by atoms with van der Waals surface area (Å²) in [6.07, 6.45) is 6.61. The van der Waals surface area contributed by atoms with Crippen LogP contribution in [0.25, 0.3) is 0 Å². The summed E-state index contributed by atoms with van der Waals surface area (Å²) < 4.78 is 0. The van der Waals surface area contributed by atoms with E-state index in [9.17, 15) is 0 Å². The largest absolute Gasteiger partial charge is 0.310 e. The summed E-state index contributed by atoms with van der Waals surface area (Å²) >= 11 is 1.95. The van der Waals surface area contributed by atoms with Crippen LogP contribution in [0, 0.1) is 17.3 Å². The molecule has 1 N–H and O–H groups in total. The van der Waals surface area contributed by atoms with E-state index in [1.807, 2.05) is 11.3 Å². The van der Waals surface area contributed by atoms with E-state index in [0.29, 0.717) is 5.41 Å². The Hall–Kier alpha value is -0.410. The van der Waals surface area contributed by atoms with Crippen molar-refractivity contribution >= 4 is 11.3 Å². The highest BCUT2D eigenvalue weighted by molar-refractivity contribution is 7.11. The first-order chi connectivity index (χ1) is 9.02. The normalized spacial score (nSPS) is 23.4. The molecule has 3 rings (SSSR count). The van der Waals surface area contributed by atoms with Gasteiger partial charge in [0.25, 0.3) is 0 Å². The molecule has 19 heavy (non-hydrogen) atoms. The third-order valence-electron chi connectivity index (χ3n) is 4.61. The number of rotatable bonds is 4. The Labute approximate surface area is 121 Å². The van der Waals surface area contributed by atoms with E-state index >= 15 is 0 Å². The van der Waals surface area contributed by atoms with Crippen LogP contribution in [0.2, 0.25) is 0 Å². The molecule has 0 bridgehead atoms. The molecule has 3 heteroatoms. The summed E-state index contributed by atoms with van der Waals surface area (Å²) in [6, 6.07) is 0. The van der Waals surface area contributed by atoms with Gasteiger partial charge in [-0.3, -0.25) is 0 Å². The van der Waals surface area contributed by atoms with Crippen molar-refractivity contribution in [2.75, 3.05) is 6.54 Å². The van der Waals surface area contributed by atoms with E-state index in [0.717, 1.165) is 18.4 Å². The minimum Gasteiger partial charge on any atom is -0.310 e. The van der Waals surface area contributed by atoms with Gasteiger partial charge < -0.3 is 5.32 Å². The first kappa shape index (κ1) is 13.6. The van der Waals surface area contributed by atoms with Gasteiger partial charge in [0.15, 0.2) is 0 Å². The molecule has 0 aliphatic heterocycles. The predicted octanol–water partition coefficient (Wildman–Crippen LogP) is 3.79. The topological polar surface area (TPSA) is 24.9 Å². The van der Waals surface area contributed by atoms with Gasteiger partial charge in [-0.1, -0.05) is 20.8 Å². The zero-order chi connectivity index (χ0) is 13.5. The Balaban J connectivity index is 1.59. The van der Waals surface area contributed by atoms with Crippen molar-refractivity contribution in [3.05, 3.63) is 15.6 Å². The van der Waals surface area contributed by atoms with Gasteiger partial charge in [0.05, 0.1) is 5.69 Å². The Kier molecular flexibility index (Phi) is 3.69. The van der Waals surface area contributed by atoms with Crippen molar-refractivity contribution in [2.45, 2.75) is 59.4 Å². The highest BCUT2D eigenvalue weighted by atomic mass is 32.1. The number of fused-ring (bicyclic) bond motifs is 1. The molecule has 0 radical (unpaired) electrons. The van der Waals surface area contributed by atoms with Gasteiger partial charge >= 0.3 is 0 Å². The number of nitrogens with zero attached hydrogens (tertiary/aromatic N) is 1. The molecule has 2 aliphatic rings. The fourth-order valence-electron chi connectivity index (χ4n) is 2.95. The zero-order valence-electron chi connectivity index (χ0n) is 12.5. The molecule has 1 unspecified atom stereocenters. The molecule has 1 heterocycles. The monoisotopic (exact) mass is 278 g/mol. The molecule has 1 fully saturated rings. The van der Waals surface area contributed by atoms with Crippen LogP contribution in [-0.4, -0.2) is 11.5 Å². The molecule has 1 saturated carbocycles. The third-order valence-corrected chi connectivity index (χ3v) is 5.73. The van der Waals surface area contributed by atoms with E-state index in [2.05, 4.69) is 26.1 Å². The van der Waals surface area contributed by atoms with Gasteiger partial charge in [0.1, 0.15) is 5.01 Å². The Morgan fingerprint density at radius 3 is 2.74 bits per heavy atom. The predicted molar refractivity (Wildman–Crippen MR) is 81.5 cm³/mol. The van der Waals surface area contributed by atoms with Crippen molar-refractivity contribution < 1.29 is 0 Å². The van der Waals surface area contributed by atoms with E-state index in [-0.39, 0.29) is 0 Å². The molecule has 1 atom stereocenters. The summed E-state index contributed by atoms with van der Waals surface area (Å²) in [4.78, 5) is 6.40. The average Bonchev–Trinajstić information content (AvgIpc) is 3.06. The van der Waals surface area contributed by atoms with Crippen molar-refractivity contribution in [3.8, 4) is 0 Å². The molecule has 2 aliphatic carbocycles. The van der Waals surface area contributed by atoms with Crippen LogP contribution in [0.3, 0.4) is 0 Å². The Morgan fingerprint density at radius 2 is 2.05 bits per heavy atom. The van der Waals surface area contributed by atoms with Crippen LogP contribution in [0.5, 0.6) is 0 Å². The van der Waals surface area contributed by atoms with Crippen molar-refractivity contribution in [1.29, 1.82) is 0 Å². The average molecular weight is 278 g/mol. The Bertz CT molecular complexity index is 440. The van der Waals surface area contributed by atoms with Crippen LogP contribution in [0.15, 0.2) is 0 Å². The first-order valence-electron chi connectivity index (χ1n) is 7.70. The number of hydrogen-bond acceptors (Lipinski definition) is 3. The summed E-state index contributed by atoms with van der Waals surface area (Å²) in [6.45, 7) is 9.30. The number of aromatic nitrogens is 1. The second kappa shape index (κ2) is 5.17. The maximum atomic E-state index is 4.84. The fraction of sp³-hybridized carbons (Fsp3) is 0.812. The highest BCUT2D eigenvalue weighted by Gasteiger charge is 2.30. The van der Waals surface area contributed by atoms with Crippen LogP contribution < -0.4 is 5.32 Å². The lowest BCUT2D eigenvalue weighted by molar-refractivity contribution is 0.217. The molecule has 0 saturated heterocycles. The highest BCUT2D eigenvalue weighted by Crippen LogP contribution is 2.39. The second-order valence-corrected chi connectivity index (χ2v) is 8.53. The molecular weight excluding hydrogens is 252 g/mol. The molecular formula is C16H26N2S. The maximum absolute atomic E-state index is 4.84. The summed E-state index contributed by atoms with van der Waals surface area (Å²) in [7, 11) is 0. The van der Waals surface area contributed by atoms with Gasteiger partial charge in [0.2, 0.25) is 0 Å². The van der Waals surface area contributed by atoms with Gasteiger partial charge in [-0.15, -0.1) is 11.3 Å². The summed E-state index contributed by atoms with van der Waals surface area (Å²) in [5, 5.41) is 4.87. The van der Waals surface area contributed by atoms with E-state index in [1.165, 1.54) is 49.4 Å². The lowest BCUT2D eigenvalue weighted by Gasteiger charge is -2.33. The van der Waals surface area contributed by atoms with Crippen molar-refractivity contribution in [3.63, 3.8) is 0 Å². The van der Waals surface area contributed by atoms with Crippen LogP contribution in [0.1, 0.15) is 55.6 Å². The number of hydrogen-bond donors (Lipinski definition) is 1. The van der Waals surface area contributed by atoms with E-state index in [4.69, 9.17) is 4.98 Å². The number of aryl methyl sites for hydroxylation is 1. The van der Waals surface area contributed by atoms with Gasteiger partial charge in [-0.05, 0) is 55.9 Å². The lowest BCUT2D eigenvalue weighted by atomic mass is 9.73. The van der Waals surface area contributed by atoms with Gasteiger partial charge in [0, 0.05) is 11.4 Å². The number of thiazole rings is 1. The summed E-state index contributed by atoms with van der Waals surface area (Å²) in [5.74, 6) is 1.78. The minimum absolute atomic E-state index is 0.437. The van der Waals surface area contributed by atoms with Gasteiger partial charge in [-0.2, -0.15) is 0 Å². The van der Waals surface area contributed by atoms with E-state index in [1.54, 1.807) is 4.88 Å². The molecule has 0 spiro atoms. The smallest absolute Gasteiger partial charge is 0.107 e. The SMILES string of the molecule is CC(C)(C)C1CCc2nc(CNCC3CC3)sc2C1.